The molecule has 0 aromatic heterocycles. The number of benzene rings is 1. The zero-order valence-electron chi connectivity index (χ0n) is 11.4. The van der Waals surface area contributed by atoms with Crippen molar-refractivity contribution in [3.63, 3.8) is 0 Å². The van der Waals surface area contributed by atoms with Gasteiger partial charge in [-0.15, -0.1) is 0 Å². The number of carboxylic acid groups (broad SMARTS) is 2. The van der Waals surface area contributed by atoms with Crippen molar-refractivity contribution in [2.75, 3.05) is 13.1 Å². The maximum atomic E-state index is 12.5. The van der Waals surface area contributed by atoms with E-state index >= 15 is 0 Å². The molecule has 1 aromatic rings. The molecule has 0 aliphatic carbocycles. The van der Waals surface area contributed by atoms with Gasteiger partial charge in [0.2, 0.25) is 10.0 Å². The summed E-state index contributed by atoms with van der Waals surface area (Å²) in [5.74, 6) is -2.58. The molecular formula is C13H14ClNO6S. The Kier molecular flexibility index (Phi) is 4.46. The Balaban J connectivity index is 2.32. The van der Waals surface area contributed by atoms with Gasteiger partial charge in [-0.2, -0.15) is 4.31 Å². The third kappa shape index (κ3) is 3.08. The third-order valence-corrected chi connectivity index (χ3v) is 5.77. The van der Waals surface area contributed by atoms with Crippen LogP contribution in [0.1, 0.15) is 12.8 Å². The smallest absolute Gasteiger partial charge is 0.311 e. The molecular weight excluding hydrogens is 334 g/mol. The van der Waals surface area contributed by atoms with Crippen molar-refractivity contribution in [3.8, 4) is 0 Å². The van der Waals surface area contributed by atoms with Crippen LogP contribution in [-0.2, 0) is 19.6 Å². The lowest BCUT2D eigenvalue weighted by Gasteiger charge is -2.22. The Hall–Kier alpha value is -1.64. The number of carbonyl (C=O) groups is 2. The van der Waals surface area contributed by atoms with Crippen molar-refractivity contribution in [1.29, 1.82) is 0 Å². The fraction of sp³-hybridized carbons (Fsp3) is 0.385. The van der Waals surface area contributed by atoms with Crippen LogP contribution in [0.4, 0.5) is 0 Å². The van der Waals surface area contributed by atoms with Crippen LogP contribution in [0.3, 0.4) is 0 Å². The molecule has 1 aromatic carbocycles. The van der Waals surface area contributed by atoms with Crippen LogP contribution in [0, 0.1) is 5.41 Å². The molecule has 0 radical (unpaired) electrons. The highest BCUT2D eigenvalue weighted by atomic mass is 35.5. The van der Waals surface area contributed by atoms with Gasteiger partial charge in [0.15, 0.2) is 0 Å². The number of carboxylic acids is 2. The van der Waals surface area contributed by atoms with Gasteiger partial charge in [-0.05, 0) is 24.6 Å². The Morgan fingerprint density at radius 1 is 1.32 bits per heavy atom. The lowest BCUT2D eigenvalue weighted by molar-refractivity contribution is -0.154. The molecule has 0 spiro atoms. The van der Waals surface area contributed by atoms with Gasteiger partial charge in [0, 0.05) is 18.1 Å². The van der Waals surface area contributed by atoms with E-state index < -0.39 is 33.8 Å². The van der Waals surface area contributed by atoms with E-state index in [1.54, 1.807) is 0 Å². The van der Waals surface area contributed by atoms with Crippen LogP contribution < -0.4 is 0 Å². The third-order valence-electron chi connectivity index (χ3n) is 3.70. The number of rotatable bonds is 5. The summed E-state index contributed by atoms with van der Waals surface area (Å²) in [6.07, 6.45) is -0.668. The SMILES string of the molecule is O=C(O)CC1(C(=O)O)CCN(S(=O)(=O)c2cccc(Cl)c2)C1. The summed E-state index contributed by atoms with van der Waals surface area (Å²) in [6, 6.07) is 5.64. The van der Waals surface area contributed by atoms with E-state index in [1.807, 2.05) is 0 Å². The highest BCUT2D eigenvalue weighted by Gasteiger charge is 2.49. The van der Waals surface area contributed by atoms with E-state index in [4.69, 9.17) is 16.7 Å². The van der Waals surface area contributed by atoms with Crippen molar-refractivity contribution >= 4 is 33.6 Å². The maximum absolute atomic E-state index is 12.5. The first kappa shape index (κ1) is 16.7. The number of hydrogen-bond donors (Lipinski definition) is 2. The van der Waals surface area contributed by atoms with Gasteiger partial charge < -0.3 is 10.2 Å². The van der Waals surface area contributed by atoms with Crippen LogP contribution in [0.15, 0.2) is 29.2 Å². The van der Waals surface area contributed by atoms with E-state index in [0.29, 0.717) is 0 Å². The molecule has 1 aliphatic rings. The van der Waals surface area contributed by atoms with Crippen LogP contribution in [0.5, 0.6) is 0 Å². The fourth-order valence-corrected chi connectivity index (χ4v) is 4.33. The van der Waals surface area contributed by atoms with Crippen molar-refractivity contribution in [2.24, 2.45) is 5.41 Å². The van der Waals surface area contributed by atoms with Crippen LogP contribution >= 0.6 is 11.6 Å². The summed E-state index contributed by atoms with van der Waals surface area (Å²) in [6.45, 7) is -0.419. The molecule has 1 atom stereocenters. The first-order valence-corrected chi connectivity index (χ1v) is 8.20. The van der Waals surface area contributed by atoms with Crippen LogP contribution in [-0.4, -0.2) is 48.0 Å². The Labute approximate surface area is 132 Å². The zero-order chi connectivity index (χ0) is 16.5. The summed E-state index contributed by atoms with van der Waals surface area (Å²) >= 11 is 5.78. The molecule has 9 heteroatoms. The van der Waals surface area contributed by atoms with E-state index in [2.05, 4.69) is 0 Å². The van der Waals surface area contributed by atoms with E-state index in [-0.39, 0.29) is 29.4 Å². The predicted molar refractivity (Wildman–Crippen MR) is 77.1 cm³/mol. The number of hydrogen-bond acceptors (Lipinski definition) is 4. The number of halogens is 1. The largest absolute Gasteiger partial charge is 0.481 e. The number of aliphatic carboxylic acids is 2. The topological polar surface area (TPSA) is 112 Å². The summed E-state index contributed by atoms with van der Waals surface area (Å²) < 4.78 is 26.0. The summed E-state index contributed by atoms with van der Waals surface area (Å²) in [7, 11) is -3.91. The first-order chi connectivity index (χ1) is 10.2. The van der Waals surface area contributed by atoms with Crippen molar-refractivity contribution in [1.82, 2.24) is 4.31 Å². The normalized spacial score (nSPS) is 22.6. The average molecular weight is 348 g/mol. The van der Waals surface area contributed by atoms with Gasteiger partial charge in [0.05, 0.1) is 16.7 Å². The lowest BCUT2D eigenvalue weighted by Crippen LogP contribution is -2.38. The predicted octanol–water partition coefficient (Wildman–Crippen LogP) is 1.28. The summed E-state index contributed by atoms with van der Waals surface area (Å²) in [4.78, 5) is 22.3. The molecule has 1 fully saturated rings. The molecule has 1 saturated heterocycles. The standard InChI is InChI=1S/C13H14ClNO6S/c14-9-2-1-3-10(6-9)22(20,21)15-5-4-13(8-15,12(18)19)7-11(16)17/h1-3,6H,4-5,7-8H2,(H,16,17)(H,18,19). The van der Waals surface area contributed by atoms with Crippen LogP contribution in [0.25, 0.3) is 0 Å². The Bertz CT molecular complexity index is 719. The van der Waals surface area contributed by atoms with E-state index in [1.165, 1.54) is 24.3 Å². The molecule has 0 amide bonds. The second kappa shape index (κ2) is 5.86. The highest BCUT2D eigenvalue weighted by Crippen LogP contribution is 2.37. The minimum Gasteiger partial charge on any atom is -0.481 e. The van der Waals surface area contributed by atoms with Gasteiger partial charge in [0.1, 0.15) is 0 Å². The number of sulfonamides is 1. The van der Waals surface area contributed by atoms with Crippen molar-refractivity contribution in [3.05, 3.63) is 29.3 Å². The quantitative estimate of drug-likeness (QED) is 0.829. The van der Waals surface area contributed by atoms with E-state index in [9.17, 15) is 23.1 Å². The zero-order valence-corrected chi connectivity index (χ0v) is 13.0. The summed E-state index contributed by atoms with van der Waals surface area (Å²) in [5, 5.41) is 18.4. The van der Waals surface area contributed by atoms with Gasteiger partial charge in [0.25, 0.3) is 0 Å². The first-order valence-electron chi connectivity index (χ1n) is 6.38. The highest BCUT2D eigenvalue weighted by molar-refractivity contribution is 7.89. The monoisotopic (exact) mass is 347 g/mol. The molecule has 1 heterocycles. The lowest BCUT2D eigenvalue weighted by atomic mass is 9.84. The molecule has 1 aliphatic heterocycles. The summed E-state index contributed by atoms with van der Waals surface area (Å²) in [5.41, 5.74) is -1.60. The Morgan fingerprint density at radius 3 is 2.55 bits per heavy atom. The fourth-order valence-electron chi connectivity index (χ4n) is 2.50. The van der Waals surface area contributed by atoms with Gasteiger partial charge in [-0.3, -0.25) is 9.59 Å². The molecule has 2 N–H and O–H groups in total. The van der Waals surface area contributed by atoms with Gasteiger partial charge in [-0.25, -0.2) is 8.42 Å². The minimum atomic E-state index is -3.91. The maximum Gasteiger partial charge on any atom is 0.311 e. The second-order valence-electron chi connectivity index (χ2n) is 5.20. The van der Waals surface area contributed by atoms with Gasteiger partial charge in [-0.1, -0.05) is 17.7 Å². The number of nitrogens with zero attached hydrogens (tertiary/aromatic N) is 1. The molecule has 0 saturated carbocycles. The molecule has 0 bridgehead atoms. The molecule has 1 unspecified atom stereocenters. The second-order valence-corrected chi connectivity index (χ2v) is 7.58. The molecule has 22 heavy (non-hydrogen) atoms. The van der Waals surface area contributed by atoms with Crippen LogP contribution in [0.2, 0.25) is 5.02 Å². The molecule has 120 valence electrons. The van der Waals surface area contributed by atoms with E-state index in [0.717, 1.165) is 4.31 Å². The molecule has 2 rings (SSSR count). The average Bonchev–Trinajstić information content (AvgIpc) is 2.84. The minimum absolute atomic E-state index is 0.0449. The van der Waals surface area contributed by atoms with Gasteiger partial charge >= 0.3 is 11.9 Å². The van der Waals surface area contributed by atoms with Crippen molar-refractivity contribution in [2.45, 2.75) is 17.7 Å². The Morgan fingerprint density at radius 2 is 2.00 bits per heavy atom. The van der Waals surface area contributed by atoms with Crippen molar-refractivity contribution < 1.29 is 28.2 Å². The molecule has 7 nitrogen and oxygen atoms in total.